The molecule has 5 heterocycles. The van der Waals surface area contributed by atoms with Crippen molar-refractivity contribution in [2.75, 3.05) is 36.0 Å². The van der Waals surface area contributed by atoms with E-state index in [9.17, 15) is 22.0 Å². The van der Waals surface area contributed by atoms with Crippen LogP contribution in [0.2, 0.25) is 0 Å². The largest absolute Gasteiger partial charge is 0.433 e. The maximum absolute atomic E-state index is 13.1. The molecule has 7 nitrogen and oxygen atoms in total. The van der Waals surface area contributed by atoms with Crippen molar-refractivity contribution in [1.29, 1.82) is 0 Å². The summed E-state index contributed by atoms with van der Waals surface area (Å²) in [6.45, 7) is 5.50. The maximum atomic E-state index is 13.1. The van der Waals surface area contributed by atoms with Crippen LogP contribution in [0.15, 0.2) is 18.3 Å². The highest BCUT2D eigenvalue weighted by Crippen LogP contribution is 2.43. The van der Waals surface area contributed by atoms with E-state index in [1.165, 1.54) is 11.6 Å². The van der Waals surface area contributed by atoms with Gasteiger partial charge in [-0.25, -0.2) is 23.7 Å². The zero-order valence-corrected chi connectivity index (χ0v) is 18.8. The molecule has 0 radical (unpaired) electrons. The number of hydrogen-bond acceptors (Lipinski definition) is 6. The van der Waals surface area contributed by atoms with Crippen molar-refractivity contribution in [3.05, 3.63) is 35.5 Å². The molecule has 2 aliphatic heterocycles. The highest BCUT2D eigenvalue weighted by molar-refractivity contribution is 5.83. The molecule has 0 unspecified atom stereocenters. The van der Waals surface area contributed by atoms with Crippen LogP contribution in [0.25, 0.3) is 10.9 Å². The third kappa shape index (κ3) is 4.14. The summed E-state index contributed by atoms with van der Waals surface area (Å²) < 4.78 is 66.5. The van der Waals surface area contributed by atoms with Gasteiger partial charge in [0, 0.05) is 55.3 Å². The molecule has 0 N–H and O–H groups in total. The second-order valence-corrected chi connectivity index (χ2v) is 9.22. The Bertz CT molecular complexity index is 1210. The van der Waals surface area contributed by atoms with Gasteiger partial charge in [0.15, 0.2) is 0 Å². The number of anilines is 2. The zero-order valence-electron chi connectivity index (χ0n) is 18.8. The van der Waals surface area contributed by atoms with Gasteiger partial charge in [-0.1, -0.05) is 0 Å². The summed E-state index contributed by atoms with van der Waals surface area (Å²) in [4.78, 5) is 16.2. The second kappa shape index (κ2) is 8.02. The average Bonchev–Trinajstić information content (AvgIpc) is 3.05. The maximum Gasteiger partial charge on any atom is 0.433 e. The molecule has 182 valence electrons. The Labute approximate surface area is 192 Å². The fourth-order valence-electron chi connectivity index (χ4n) is 4.97. The number of hydrogen-bond donors (Lipinski definition) is 0. The van der Waals surface area contributed by atoms with Gasteiger partial charge in [0.2, 0.25) is 0 Å². The number of nitrogens with zero attached hydrogens (tertiary/aromatic N) is 7. The van der Waals surface area contributed by atoms with Crippen molar-refractivity contribution in [3.8, 4) is 0 Å². The summed E-state index contributed by atoms with van der Waals surface area (Å²) >= 11 is 0. The van der Waals surface area contributed by atoms with Crippen LogP contribution in [0, 0.1) is 19.3 Å². The van der Waals surface area contributed by atoms with Gasteiger partial charge in [-0.2, -0.15) is 18.3 Å². The monoisotopic (exact) mass is 481 g/mol. The van der Waals surface area contributed by atoms with Gasteiger partial charge in [0.25, 0.3) is 6.43 Å². The standard InChI is InChI=1S/C22H24F5N7/c1-13-15-9-28-19(7-16(15)34(31-13)10-18(23)24)32-5-3-21(4-6-32)11-33(12-21)20-8-17(22(25,26)27)29-14(2)30-20/h7-9,18H,3-6,10-12H2,1-2H3. The van der Waals surface area contributed by atoms with Gasteiger partial charge >= 0.3 is 6.18 Å². The Balaban J connectivity index is 1.26. The first kappa shape index (κ1) is 22.7. The molecule has 0 bridgehead atoms. The number of aryl methyl sites for hydroxylation is 2. The molecule has 0 amide bonds. The number of halogens is 5. The van der Waals surface area contributed by atoms with Gasteiger partial charge in [-0.3, -0.25) is 4.68 Å². The lowest BCUT2D eigenvalue weighted by molar-refractivity contribution is -0.141. The van der Waals surface area contributed by atoms with E-state index in [1.54, 1.807) is 13.1 Å². The molecule has 2 fully saturated rings. The van der Waals surface area contributed by atoms with E-state index in [0.29, 0.717) is 30.1 Å². The first-order valence-corrected chi connectivity index (χ1v) is 11.1. The average molecular weight is 481 g/mol. The molecule has 0 saturated carbocycles. The molecule has 2 aliphatic rings. The van der Waals surface area contributed by atoms with E-state index in [0.717, 1.165) is 43.2 Å². The molecular weight excluding hydrogens is 457 g/mol. The molecule has 12 heteroatoms. The molecule has 3 aromatic heterocycles. The summed E-state index contributed by atoms with van der Waals surface area (Å²) in [5, 5.41) is 4.97. The Morgan fingerprint density at radius 1 is 1.00 bits per heavy atom. The minimum atomic E-state index is -4.51. The molecule has 1 spiro atoms. The van der Waals surface area contributed by atoms with Gasteiger partial charge in [-0.05, 0) is 26.7 Å². The first-order chi connectivity index (χ1) is 16.0. The molecule has 34 heavy (non-hydrogen) atoms. The number of alkyl halides is 5. The van der Waals surface area contributed by atoms with Crippen molar-refractivity contribution in [3.63, 3.8) is 0 Å². The van der Waals surface area contributed by atoms with Crippen LogP contribution in [-0.4, -0.2) is 57.3 Å². The predicted octanol–water partition coefficient (Wildman–Crippen LogP) is 4.23. The predicted molar refractivity (Wildman–Crippen MR) is 116 cm³/mol. The molecule has 5 rings (SSSR count). The number of pyridine rings is 1. The summed E-state index contributed by atoms with van der Waals surface area (Å²) in [6.07, 6.45) is -3.61. The van der Waals surface area contributed by atoms with Crippen LogP contribution in [-0.2, 0) is 12.7 Å². The summed E-state index contributed by atoms with van der Waals surface area (Å²) in [5.74, 6) is 1.13. The van der Waals surface area contributed by atoms with Crippen LogP contribution < -0.4 is 9.80 Å². The SMILES string of the molecule is Cc1nc(N2CC3(CCN(c4cc5c(cn4)c(C)nn5CC(F)F)CC3)C2)cc(C(F)(F)F)n1. The third-order valence-electron chi connectivity index (χ3n) is 6.76. The van der Waals surface area contributed by atoms with E-state index in [1.807, 2.05) is 11.0 Å². The Hall–Kier alpha value is -3.05. The number of aromatic nitrogens is 5. The van der Waals surface area contributed by atoms with E-state index in [-0.39, 0.29) is 11.2 Å². The smallest absolute Gasteiger partial charge is 0.357 e. The minimum absolute atomic E-state index is 0.0197. The topological polar surface area (TPSA) is 63.0 Å². The van der Waals surface area contributed by atoms with Gasteiger partial charge in [-0.15, -0.1) is 0 Å². The Kier molecular flexibility index (Phi) is 5.36. The van der Waals surface area contributed by atoms with E-state index < -0.39 is 24.8 Å². The van der Waals surface area contributed by atoms with Crippen LogP contribution in [0.1, 0.15) is 30.1 Å². The van der Waals surface area contributed by atoms with E-state index in [2.05, 4.69) is 25.0 Å². The lowest BCUT2D eigenvalue weighted by atomic mass is 9.72. The summed E-state index contributed by atoms with van der Waals surface area (Å²) in [7, 11) is 0. The van der Waals surface area contributed by atoms with Crippen molar-refractivity contribution < 1.29 is 22.0 Å². The normalized spacial score (nSPS) is 18.2. The fourth-order valence-corrected chi connectivity index (χ4v) is 4.97. The van der Waals surface area contributed by atoms with Crippen molar-refractivity contribution >= 4 is 22.5 Å². The lowest BCUT2D eigenvalue weighted by Crippen LogP contribution is -2.61. The first-order valence-electron chi connectivity index (χ1n) is 11.1. The fraction of sp³-hybridized carbons (Fsp3) is 0.545. The van der Waals surface area contributed by atoms with E-state index >= 15 is 0 Å². The van der Waals surface area contributed by atoms with Crippen LogP contribution in [0.4, 0.5) is 33.6 Å². The van der Waals surface area contributed by atoms with Gasteiger partial charge in [0.05, 0.1) is 11.2 Å². The number of fused-ring (bicyclic) bond motifs is 1. The van der Waals surface area contributed by atoms with Gasteiger partial charge < -0.3 is 9.80 Å². The van der Waals surface area contributed by atoms with Crippen molar-refractivity contribution in [2.24, 2.45) is 5.41 Å². The molecule has 2 saturated heterocycles. The molecule has 0 aromatic carbocycles. The number of piperidine rings is 1. The van der Waals surface area contributed by atoms with Crippen LogP contribution in [0.3, 0.4) is 0 Å². The van der Waals surface area contributed by atoms with Crippen molar-refractivity contribution in [1.82, 2.24) is 24.7 Å². The molecule has 3 aromatic rings. The molecular formula is C22H24F5N7. The lowest BCUT2D eigenvalue weighted by Gasteiger charge is -2.54. The Morgan fingerprint density at radius 3 is 2.35 bits per heavy atom. The summed E-state index contributed by atoms with van der Waals surface area (Å²) in [6, 6.07) is 2.82. The molecule has 0 atom stereocenters. The highest BCUT2D eigenvalue weighted by atomic mass is 19.4. The third-order valence-corrected chi connectivity index (χ3v) is 6.76. The number of rotatable bonds is 4. The van der Waals surface area contributed by atoms with Gasteiger partial charge in [0.1, 0.15) is 29.7 Å². The zero-order chi connectivity index (χ0) is 24.3. The Morgan fingerprint density at radius 2 is 1.71 bits per heavy atom. The molecule has 0 aliphatic carbocycles. The summed E-state index contributed by atoms with van der Waals surface area (Å²) in [5.41, 5.74) is 0.396. The quantitative estimate of drug-likeness (QED) is 0.520. The van der Waals surface area contributed by atoms with E-state index in [4.69, 9.17) is 0 Å². The van der Waals surface area contributed by atoms with Crippen molar-refractivity contribution in [2.45, 2.75) is 45.8 Å². The highest BCUT2D eigenvalue weighted by Gasteiger charge is 2.46. The van der Waals surface area contributed by atoms with Crippen LogP contribution >= 0.6 is 0 Å². The van der Waals surface area contributed by atoms with Crippen LogP contribution in [0.5, 0.6) is 0 Å². The minimum Gasteiger partial charge on any atom is -0.357 e. The second-order valence-electron chi connectivity index (χ2n) is 9.22.